The summed E-state index contributed by atoms with van der Waals surface area (Å²) >= 11 is 3.54. The van der Waals surface area contributed by atoms with Crippen molar-refractivity contribution in [1.29, 1.82) is 0 Å². The van der Waals surface area contributed by atoms with Crippen LogP contribution < -0.4 is 4.72 Å². The first kappa shape index (κ1) is 12.6. The zero-order chi connectivity index (χ0) is 9.07. The van der Waals surface area contributed by atoms with E-state index in [0.29, 0.717) is 0 Å². The summed E-state index contributed by atoms with van der Waals surface area (Å²) in [5.41, 5.74) is 0. The van der Waals surface area contributed by atoms with E-state index in [9.17, 15) is 0 Å². The number of ether oxygens (including phenoxy) is 1. The second-order valence-corrected chi connectivity index (χ2v) is 4.09. The van der Waals surface area contributed by atoms with Crippen molar-refractivity contribution >= 4 is 23.7 Å². The summed E-state index contributed by atoms with van der Waals surface area (Å²) in [6.07, 6.45) is 6.46. The predicted octanol–water partition coefficient (Wildman–Crippen LogP) is 2.01. The van der Waals surface area contributed by atoms with Crippen LogP contribution in [0.25, 0.3) is 0 Å². The first-order valence-corrected chi connectivity index (χ1v) is 6.86. The van der Waals surface area contributed by atoms with E-state index < -0.39 is 0 Å². The molecule has 0 radical (unpaired) electrons. The van der Waals surface area contributed by atoms with Gasteiger partial charge in [0.15, 0.2) is 0 Å². The fourth-order valence-electron chi connectivity index (χ4n) is 0.756. The molecule has 0 aromatic rings. The standard InChI is InChI=1S/C8H19NOS2/c1-11-8-4-7-10-6-3-5-9-12-2/h9H,3-8H2,1-2H3. The molecule has 0 fully saturated rings. The molecule has 0 saturated carbocycles. The Morgan fingerprint density at radius 2 is 1.92 bits per heavy atom. The van der Waals surface area contributed by atoms with E-state index in [2.05, 4.69) is 11.0 Å². The largest absolute Gasteiger partial charge is 0.381 e. The lowest BCUT2D eigenvalue weighted by atomic mass is 10.4. The van der Waals surface area contributed by atoms with Gasteiger partial charge in [0.1, 0.15) is 0 Å². The van der Waals surface area contributed by atoms with Crippen molar-refractivity contribution in [3.8, 4) is 0 Å². The maximum Gasteiger partial charge on any atom is 0.0478 e. The lowest BCUT2D eigenvalue weighted by Gasteiger charge is -2.03. The van der Waals surface area contributed by atoms with Crippen molar-refractivity contribution in [2.75, 3.05) is 38.0 Å². The van der Waals surface area contributed by atoms with E-state index in [-0.39, 0.29) is 0 Å². The van der Waals surface area contributed by atoms with E-state index in [1.54, 1.807) is 11.9 Å². The van der Waals surface area contributed by atoms with Crippen LogP contribution in [0.5, 0.6) is 0 Å². The van der Waals surface area contributed by atoms with E-state index in [0.717, 1.165) is 26.2 Å². The van der Waals surface area contributed by atoms with Crippen molar-refractivity contribution in [2.24, 2.45) is 0 Å². The summed E-state index contributed by atoms with van der Waals surface area (Å²) in [6.45, 7) is 2.85. The highest BCUT2D eigenvalue weighted by molar-refractivity contribution is 7.98. The van der Waals surface area contributed by atoms with Crippen LogP contribution in [0.2, 0.25) is 0 Å². The molecule has 0 aliphatic heterocycles. The van der Waals surface area contributed by atoms with Gasteiger partial charge in [0.05, 0.1) is 0 Å². The fourth-order valence-corrected chi connectivity index (χ4v) is 1.51. The van der Waals surface area contributed by atoms with Crippen LogP contribution in [0.3, 0.4) is 0 Å². The minimum absolute atomic E-state index is 0.891. The molecule has 0 bridgehead atoms. The average molecular weight is 209 g/mol. The molecule has 0 aromatic heterocycles. The lowest BCUT2D eigenvalue weighted by molar-refractivity contribution is 0.134. The molecule has 2 nitrogen and oxygen atoms in total. The highest BCUT2D eigenvalue weighted by Gasteiger charge is 1.88. The van der Waals surface area contributed by atoms with Gasteiger partial charge >= 0.3 is 0 Å². The molecule has 1 N–H and O–H groups in total. The Morgan fingerprint density at radius 1 is 1.17 bits per heavy atom. The summed E-state index contributed by atoms with van der Waals surface area (Å²) in [5.74, 6) is 1.21. The second-order valence-electron chi connectivity index (χ2n) is 2.41. The molecule has 74 valence electrons. The van der Waals surface area contributed by atoms with E-state index >= 15 is 0 Å². The molecule has 0 aliphatic rings. The zero-order valence-electron chi connectivity index (χ0n) is 7.97. The molecule has 0 aliphatic carbocycles. The third-order valence-electron chi connectivity index (χ3n) is 1.35. The molecule has 4 heteroatoms. The summed E-state index contributed by atoms with van der Waals surface area (Å²) in [7, 11) is 0. The topological polar surface area (TPSA) is 21.3 Å². The number of hydrogen-bond donors (Lipinski definition) is 1. The summed E-state index contributed by atoms with van der Waals surface area (Å²) < 4.78 is 8.60. The lowest BCUT2D eigenvalue weighted by Crippen LogP contribution is -2.08. The Bertz CT molecular complexity index is 73.5. The van der Waals surface area contributed by atoms with Gasteiger partial charge in [0.2, 0.25) is 0 Å². The number of hydrogen-bond acceptors (Lipinski definition) is 4. The highest BCUT2D eigenvalue weighted by atomic mass is 32.2. The van der Waals surface area contributed by atoms with Gasteiger partial charge in [-0.05, 0) is 31.1 Å². The molecule has 0 unspecified atom stereocenters. The van der Waals surface area contributed by atoms with Gasteiger partial charge in [-0.25, -0.2) is 0 Å². The molecule has 0 rings (SSSR count). The van der Waals surface area contributed by atoms with Gasteiger partial charge < -0.3 is 4.74 Å². The highest BCUT2D eigenvalue weighted by Crippen LogP contribution is 1.95. The van der Waals surface area contributed by atoms with Crippen LogP contribution in [-0.4, -0.2) is 38.0 Å². The third-order valence-corrected chi connectivity index (χ3v) is 2.54. The van der Waals surface area contributed by atoms with Gasteiger partial charge in [0.25, 0.3) is 0 Å². The fraction of sp³-hybridized carbons (Fsp3) is 1.00. The van der Waals surface area contributed by atoms with Crippen molar-refractivity contribution < 1.29 is 4.74 Å². The molecular formula is C8H19NOS2. The van der Waals surface area contributed by atoms with Crippen molar-refractivity contribution in [3.05, 3.63) is 0 Å². The molecular weight excluding hydrogens is 190 g/mol. The van der Waals surface area contributed by atoms with Crippen LogP contribution in [0.15, 0.2) is 0 Å². The summed E-state index contributed by atoms with van der Waals surface area (Å²) in [5, 5.41) is 0. The zero-order valence-corrected chi connectivity index (χ0v) is 9.60. The van der Waals surface area contributed by atoms with Crippen LogP contribution in [0.4, 0.5) is 0 Å². The van der Waals surface area contributed by atoms with Gasteiger partial charge in [-0.15, -0.1) is 0 Å². The molecule has 0 aromatic carbocycles. The van der Waals surface area contributed by atoms with Crippen LogP contribution in [0.1, 0.15) is 12.8 Å². The molecule has 0 amide bonds. The second kappa shape index (κ2) is 11.6. The molecule has 12 heavy (non-hydrogen) atoms. The van der Waals surface area contributed by atoms with Gasteiger partial charge in [-0.2, -0.15) is 11.8 Å². The van der Waals surface area contributed by atoms with Crippen LogP contribution >= 0.6 is 23.7 Å². The monoisotopic (exact) mass is 209 g/mol. The molecule has 0 heterocycles. The maximum absolute atomic E-state index is 5.42. The van der Waals surface area contributed by atoms with Crippen molar-refractivity contribution in [3.63, 3.8) is 0 Å². The molecule has 0 atom stereocenters. The minimum atomic E-state index is 0.891. The smallest absolute Gasteiger partial charge is 0.0478 e. The summed E-state index contributed by atoms with van der Waals surface area (Å²) in [4.78, 5) is 0. The Hall–Kier alpha value is 0.620. The van der Waals surface area contributed by atoms with Crippen molar-refractivity contribution in [2.45, 2.75) is 12.8 Å². The summed E-state index contributed by atoms with van der Waals surface area (Å²) in [6, 6.07) is 0. The first-order valence-electron chi connectivity index (χ1n) is 4.24. The Morgan fingerprint density at radius 3 is 2.58 bits per heavy atom. The van der Waals surface area contributed by atoms with Crippen LogP contribution in [0, 0.1) is 0 Å². The normalized spacial score (nSPS) is 10.5. The van der Waals surface area contributed by atoms with Gasteiger partial charge in [-0.1, -0.05) is 11.9 Å². The Balaban J connectivity index is 2.73. The Labute approximate surface area is 84.3 Å². The molecule has 0 saturated heterocycles. The number of rotatable bonds is 9. The number of nitrogens with one attached hydrogen (secondary N) is 1. The molecule has 0 spiro atoms. The average Bonchev–Trinajstić information content (AvgIpc) is 2.10. The SMILES string of the molecule is CSCCCOCCCNSC. The number of thioether (sulfide) groups is 1. The van der Waals surface area contributed by atoms with E-state index in [4.69, 9.17) is 4.74 Å². The Kier molecular flexibility index (Phi) is 12.2. The quantitative estimate of drug-likeness (QED) is 0.463. The van der Waals surface area contributed by atoms with Crippen LogP contribution in [-0.2, 0) is 4.74 Å². The van der Waals surface area contributed by atoms with Gasteiger partial charge in [0, 0.05) is 19.8 Å². The van der Waals surface area contributed by atoms with Gasteiger partial charge in [-0.3, -0.25) is 4.72 Å². The minimum Gasteiger partial charge on any atom is -0.381 e. The maximum atomic E-state index is 5.42. The predicted molar refractivity (Wildman–Crippen MR) is 60.0 cm³/mol. The third kappa shape index (κ3) is 10.6. The van der Waals surface area contributed by atoms with Crippen molar-refractivity contribution in [1.82, 2.24) is 4.72 Å². The first-order chi connectivity index (χ1) is 5.91. The van der Waals surface area contributed by atoms with E-state index in [1.165, 1.54) is 12.2 Å². The van der Waals surface area contributed by atoms with E-state index in [1.807, 2.05) is 18.0 Å².